The average Bonchev–Trinajstić information content (AvgIpc) is 1.85. The number of allylic oxidation sites excluding steroid dienone is 1. The highest BCUT2D eigenvalue weighted by Gasteiger charge is 2.20. The van der Waals surface area contributed by atoms with Gasteiger partial charge in [-0.2, -0.15) is 4.79 Å². The Kier molecular flexibility index (Phi) is 3.39. The molecule has 0 aliphatic heterocycles. The first-order valence-electron chi connectivity index (χ1n) is 2.85. The summed E-state index contributed by atoms with van der Waals surface area (Å²) >= 11 is 0. The lowest BCUT2D eigenvalue weighted by Crippen LogP contribution is -2.14. The minimum Gasteiger partial charge on any atom is -0.477 e. The van der Waals surface area contributed by atoms with Crippen molar-refractivity contribution in [2.75, 3.05) is 0 Å². The van der Waals surface area contributed by atoms with Gasteiger partial charge in [0, 0.05) is 0 Å². The molecule has 0 bridgehead atoms. The van der Waals surface area contributed by atoms with Crippen LogP contribution in [0.3, 0.4) is 0 Å². The third-order valence-electron chi connectivity index (χ3n) is 1.07. The van der Waals surface area contributed by atoms with E-state index in [0.717, 1.165) is 6.21 Å². The number of nitrogens with zero attached hydrogens (tertiary/aromatic N) is 2. The number of carboxylic acid groups (broad SMARTS) is 2. The smallest absolute Gasteiger partial charge is 0.343 e. The summed E-state index contributed by atoms with van der Waals surface area (Å²) in [4.78, 5) is 23.1. The predicted molar refractivity (Wildman–Crippen MR) is 37.7 cm³/mol. The maximum atomic E-state index is 10.3. The van der Waals surface area contributed by atoms with E-state index in [0.29, 0.717) is 0 Å². The first-order valence-corrected chi connectivity index (χ1v) is 2.85. The number of carboxylic acids is 2. The van der Waals surface area contributed by atoms with E-state index in [2.05, 4.69) is 4.79 Å². The second-order valence-corrected chi connectivity index (χ2v) is 1.91. The largest absolute Gasteiger partial charge is 0.477 e. The van der Waals surface area contributed by atoms with E-state index in [1.165, 1.54) is 6.92 Å². The fraction of sp³-hybridized carbons (Fsp3) is 0.167. The predicted octanol–water partition coefficient (Wildman–Crippen LogP) is -0.227. The van der Waals surface area contributed by atoms with Crippen molar-refractivity contribution in [1.29, 1.82) is 0 Å². The fourth-order valence-electron chi connectivity index (χ4n) is 0.580. The topological polar surface area (TPSA) is 111 Å². The summed E-state index contributed by atoms with van der Waals surface area (Å²) in [5.41, 5.74) is 7.06. The van der Waals surface area contributed by atoms with Gasteiger partial charge in [-0.1, -0.05) is 0 Å². The quantitative estimate of drug-likeness (QED) is 0.152. The van der Waals surface area contributed by atoms with Crippen LogP contribution in [0.25, 0.3) is 5.53 Å². The van der Waals surface area contributed by atoms with Gasteiger partial charge in [0.2, 0.25) is 0 Å². The van der Waals surface area contributed by atoms with Crippen LogP contribution in [-0.2, 0) is 9.59 Å². The maximum Gasteiger partial charge on any atom is 0.343 e. The van der Waals surface area contributed by atoms with E-state index in [1.807, 2.05) is 0 Å². The Balaban J connectivity index is 5.21. The minimum atomic E-state index is -1.57. The Labute approximate surface area is 67.4 Å². The standard InChI is InChI=1S/C6H6N2O4/c1-3(2-8-7)4(5(9)10)6(11)12/h2H,1H3,(H,9,10)(H,11,12). The van der Waals surface area contributed by atoms with Crippen molar-refractivity contribution in [2.24, 2.45) is 0 Å². The first-order chi connectivity index (χ1) is 5.50. The van der Waals surface area contributed by atoms with Crippen molar-refractivity contribution in [3.63, 3.8) is 0 Å². The number of hydrogen-bond acceptors (Lipinski definition) is 2. The fourth-order valence-corrected chi connectivity index (χ4v) is 0.580. The monoisotopic (exact) mass is 170 g/mol. The molecule has 0 rings (SSSR count). The van der Waals surface area contributed by atoms with Crippen LogP contribution in [0.15, 0.2) is 11.1 Å². The molecule has 0 spiro atoms. The third kappa shape index (κ3) is 2.36. The Morgan fingerprint density at radius 1 is 1.33 bits per heavy atom. The summed E-state index contributed by atoms with van der Waals surface area (Å²) in [5.74, 6) is -3.14. The molecule has 0 aromatic heterocycles. The van der Waals surface area contributed by atoms with Gasteiger partial charge in [0.25, 0.3) is 6.21 Å². The second kappa shape index (κ2) is 4.05. The maximum absolute atomic E-state index is 10.3. The van der Waals surface area contributed by atoms with Gasteiger partial charge in [-0.05, 0) is 6.92 Å². The average molecular weight is 170 g/mol. The molecule has 0 aromatic carbocycles. The summed E-state index contributed by atoms with van der Waals surface area (Å²) in [5, 5.41) is 16.7. The van der Waals surface area contributed by atoms with Crippen molar-refractivity contribution in [1.82, 2.24) is 0 Å². The summed E-state index contributed by atoms with van der Waals surface area (Å²) in [6.07, 6.45) is 0.748. The lowest BCUT2D eigenvalue weighted by molar-refractivity contribution is -0.140. The normalized spacial score (nSPS) is 8.08. The molecule has 0 saturated heterocycles. The molecule has 0 aromatic rings. The molecule has 0 aliphatic carbocycles. The molecule has 2 N–H and O–H groups in total. The molecule has 0 saturated carbocycles. The molecule has 0 aliphatic rings. The zero-order chi connectivity index (χ0) is 9.72. The van der Waals surface area contributed by atoms with Gasteiger partial charge in [-0.25, -0.2) is 9.59 Å². The molecule has 0 heterocycles. The lowest BCUT2D eigenvalue weighted by Gasteiger charge is -1.93. The molecule has 6 heteroatoms. The molecule has 64 valence electrons. The third-order valence-corrected chi connectivity index (χ3v) is 1.07. The van der Waals surface area contributed by atoms with Gasteiger partial charge in [0.05, 0.1) is 5.57 Å². The van der Waals surface area contributed by atoms with Crippen LogP contribution >= 0.6 is 0 Å². The van der Waals surface area contributed by atoms with E-state index >= 15 is 0 Å². The zero-order valence-electron chi connectivity index (χ0n) is 6.18. The van der Waals surface area contributed by atoms with Gasteiger partial charge in [-0.15, -0.1) is 0 Å². The van der Waals surface area contributed by atoms with Crippen LogP contribution in [0.1, 0.15) is 6.92 Å². The molecule has 0 amide bonds. The van der Waals surface area contributed by atoms with Gasteiger partial charge >= 0.3 is 11.9 Å². The Bertz CT molecular complexity index is 283. The van der Waals surface area contributed by atoms with Crippen molar-refractivity contribution in [3.8, 4) is 0 Å². The van der Waals surface area contributed by atoms with E-state index in [9.17, 15) is 9.59 Å². The lowest BCUT2D eigenvalue weighted by atomic mass is 10.1. The van der Waals surface area contributed by atoms with Crippen molar-refractivity contribution in [2.45, 2.75) is 6.92 Å². The van der Waals surface area contributed by atoms with Crippen molar-refractivity contribution < 1.29 is 24.6 Å². The van der Waals surface area contributed by atoms with E-state index in [1.54, 1.807) is 0 Å². The molecule has 0 atom stereocenters. The number of carbonyl (C=O) groups is 2. The van der Waals surface area contributed by atoms with Gasteiger partial charge in [0.15, 0.2) is 5.57 Å². The van der Waals surface area contributed by atoms with Crippen molar-refractivity contribution >= 4 is 18.2 Å². The molecular formula is C6H6N2O4. The summed E-state index contributed by atoms with van der Waals surface area (Å²) < 4.78 is 0. The zero-order valence-corrected chi connectivity index (χ0v) is 6.18. The van der Waals surface area contributed by atoms with E-state index < -0.39 is 17.5 Å². The summed E-state index contributed by atoms with van der Waals surface area (Å²) in [6, 6.07) is 0. The summed E-state index contributed by atoms with van der Waals surface area (Å²) in [6.45, 7) is 1.22. The Morgan fingerprint density at radius 3 is 2.00 bits per heavy atom. The van der Waals surface area contributed by atoms with Gasteiger partial charge < -0.3 is 15.7 Å². The highest BCUT2D eigenvalue weighted by atomic mass is 16.4. The van der Waals surface area contributed by atoms with Crippen molar-refractivity contribution in [3.05, 3.63) is 16.7 Å². The van der Waals surface area contributed by atoms with E-state index in [-0.39, 0.29) is 5.57 Å². The van der Waals surface area contributed by atoms with Crippen LogP contribution in [0.4, 0.5) is 0 Å². The molecule has 0 unspecified atom stereocenters. The second-order valence-electron chi connectivity index (χ2n) is 1.91. The Morgan fingerprint density at radius 2 is 1.75 bits per heavy atom. The van der Waals surface area contributed by atoms with E-state index in [4.69, 9.17) is 15.7 Å². The van der Waals surface area contributed by atoms with Crippen LogP contribution < -0.4 is 0 Å². The van der Waals surface area contributed by atoms with Gasteiger partial charge in [-0.3, -0.25) is 0 Å². The highest BCUT2D eigenvalue weighted by molar-refractivity contribution is 6.15. The number of hydrogen-bond donors (Lipinski definition) is 2. The molecular weight excluding hydrogens is 164 g/mol. The van der Waals surface area contributed by atoms with Gasteiger partial charge in [0.1, 0.15) is 0 Å². The minimum absolute atomic E-state index is 0.127. The van der Waals surface area contributed by atoms with Crippen LogP contribution in [0.5, 0.6) is 0 Å². The molecule has 0 fully saturated rings. The SMILES string of the molecule is CC(C=[N+]=[N-])=C(C(=O)O)C(=O)O. The number of rotatable bonds is 3. The Hall–Kier alpha value is -1.94. The van der Waals surface area contributed by atoms with Crippen LogP contribution in [-0.4, -0.2) is 33.2 Å². The first kappa shape index (κ1) is 10.1. The molecule has 12 heavy (non-hydrogen) atoms. The van der Waals surface area contributed by atoms with Crippen LogP contribution in [0.2, 0.25) is 0 Å². The molecule has 0 radical (unpaired) electrons. The van der Waals surface area contributed by atoms with Crippen LogP contribution in [0, 0.1) is 0 Å². The summed E-state index contributed by atoms with van der Waals surface area (Å²) in [7, 11) is 0. The molecule has 6 nitrogen and oxygen atoms in total. The highest BCUT2D eigenvalue weighted by Crippen LogP contribution is 2.01. The number of aliphatic carboxylic acids is 2.